The van der Waals surface area contributed by atoms with Gasteiger partial charge in [0.25, 0.3) is 0 Å². The molecular formula is C19H31NO5. The highest BCUT2D eigenvalue weighted by Crippen LogP contribution is 2.47. The number of fused-ring (bicyclic) bond motifs is 1. The highest BCUT2D eigenvalue weighted by Gasteiger charge is 2.46. The summed E-state index contributed by atoms with van der Waals surface area (Å²) in [6.45, 7) is 2.23. The lowest BCUT2D eigenvalue weighted by molar-refractivity contribution is -0.138. The zero-order valence-corrected chi connectivity index (χ0v) is 15.0. The van der Waals surface area contributed by atoms with Crippen LogP contribution in [0.2, 0.25) is 0 Å². The van der Waals surface area contributed by atoms with Gasteiger partial charge >= 0.3 is 5.97 Å². The average Bonchev–Trinajstić information content (AvgIpc) is 3.06. The second kappa shape index (κ2) is 9.92. The number of aliphatic hydroxyl groups excluding tert-OH is 2. The van der Waals surface area contributed by atoms with Crippen LogP contribution in [0.3, 0.4) is 0 Å². The molecular weight excluding hydrogens is 322 g/mol. The maximum Gasteiger partial charge on any atom is 0.306 e. The molecule has 0 aromatic heterocycles. The highest BCUT2D eigenvalue weighted by molar-refractivity contribution is 5.86. The molecule has 0 saturated heterocycles. The first-order valence-corrected chi connectivity index (χ1v) is 9.45. The monoisotopic (exact) mass is 353 g/mol. The van der Waals surface area contributed by atoms with Crippen molar-refractivity contribution in [2.24, 2.45) is 22.9 Å². The third kappa shape index (κ3) is 6.12. The number of hydrogen-bond acceptors (Lipinski definition) is 5. The van der Waals surface area contributed by atoms with Crippen LogP contribution in [0.1, 0.15) is 58.3 Å². The summed E-state index contributed by atoms with van der Waals surface area (Å²) in [5.74, 6) is -0.119. The molecule has 2 rings (SSSR count). The fourth-order valence-corrected chi connectivity index (χ4v) is 4.01. The van der Waals surface area contributed by atoms with Crippen molar-refractivity contribution in [3.05, 3.63) is 12.2 Å². The zero-order valence-electron chi connectivity index (χ0n) is 15.0. The molecule has 0 aromatic rings. The minimum Gasteiger partial charge on any atom is -0.481 e. The van der Waals surface area contributed by atoms with E-state index in [0.29, 0.717) is 11.8 Å². The largest absolute Gasteiger partial charge is 0.481 e. The molecule has 25 heavy (non-hydrogen) atoms. The van der Waals surface area contributed by atoms with Gasteiger partial charge in [-0.3, -0.25) is 4.79 Å². The van der Waals surface area contributed by atoms with Crippen LogP contribution in [0.25, 0.3) is 0 Å². The van der Waals surface area contributed by atoms with E-state index in [9.17, 15) is 15.0 Å². The Morgan fingerprint density at radius 2 is 2.20 bits per heavy atom. The topological polar surface area (TPSA) is 99.4 Å². The van der Waals surface area contributed by atoms with Gasteiger partial charge in [-0.2, -0.15) is 0 Å². The van der Waals surface area contributed by atoms with E-state index in [4.69, 9.17) is 9.94 Å². The maximum atomic E-state index is 10.5. The molecule has 2 aliphatic carbocycles. The molecule has 0 aromatic carbocycles. The van der Waals surface area contributed by atoms with Gasteiger partial charge in [-0.1, -0.05) is 43.5 Å². The number of carbonyl (C=O) groups is 1. The van der Waals surface area contributed by atoms with E-state index < -0.39 is 12.1 Å². The molecule has 1 unspecified atom stereocenters. The van der Waals surface area contributed by atoms with Crippen LogP contribution in [-0.4, -0.2) is 45.8 Å². The first-order valence-electron chi connectivity index (χ1n) is 9.45. The zero-order chi connectivity index (χ0) is 18.2. The van der Waals surface area contributed by atoms with Gasteiger partial charge in [0, 0.05) is 5.92 Å². The van der Waals surface area contributed by atoms with Gasteiger partial charge in [-0.05, 0) is 37.5 Å². The quantitative estimate of drug-likeness (QED) is 0.319. The molecule has 0 radical (unpaired) electrons. The summed E-state index contributed by atoms with van der Waals surface area (Å²) in [6, 6.07) is 0. The van der Waals surface area contributed by atoms with Crippen molar-refractivity contribution in [3.8, 4) is 0 Å². The standard InChI is InChI=1S/C19H31NO5/c1-2-3-4-5-15(21)6-7-16-17-12-14(10-13(17)11-18(16)22)20-25-9-8-19(23)24/h6-7,13,15-18,21-22H,2-5,8-12H2,1H3,(H,23,24)/b7-6?,20-14-/t13-,15?,16-,17+,18-/m0/s1. The fraction of sp³-hybridized carbons (Fsp3) is 0.789. The van der Waals surface area contributed by atoms with Gasteiger partial charge in [-0.25, -0.2) is 0 Å². The Morgan fingerprint density at radius 1 is 1.40 bits per heavy atom. The first kappa shape index (κ1) is 19.9. The molecule has 3 N–H and O–H groups in total. The lowest BCUT2D eigenvalue weighted by atomic mass is 9.90. The predicted molar refractivity (Wildman–Crippen MR) is 95.3 cm³/mol. The van der Waals surface area contributed by atoms with E-state index in [-0.39, 0.29) is 25.0 Å². The minimum absolute atomic E-state index is 0.0520. The molecule has 0 bridgehead atoms. The third-order valence-corrected chi connectivity index (χ3v) is 5.32. The van der Waals surface area contributed by atoms with Crippen molar-refractivity contribution < 1.29 is 25.0 Å². The molecule has 142 valence electrons. The second-order valence-corrected chi connectivity index (χ2v) is 7.30. The number of aliphatic hydroxyl groups is 2. The fourth-order valence-electron chi connectivity index (χ4n) is 4.01. The molecule has 2 saturated carbocycles. The first-order chi connectivity index (χ1) is 12.0. The Hall–Kier alpha value is -1.40. The van der Waals surface area contributed by atoms with Gasteiger partial charge in [0.15, 0.2) is 0 Å². The predicted octanol–water partition coefficient (Wildman–Crippen LogP) is 2.74. The number of unbranched alkanes of at least 4 members (excludes halogenated alkanes) is 2. The van der Waals surface area contributed by atoms with Crippen LogP contribution in [0, 0.1) is 17.8 Å². The highest BCUT2D eigenvalue weighted by atomic mass is 16.6. The number of rotatable bonds is 10. The van der Waals surface area contributed by atoms with Gasteiger partial charge in [0.1, 0.15) is 6.61 Å². The third-order valence-electron chi connectivity index (χ3n) is 5.32. The van der Waals surface area contributed by atoms with Crippen LogP contribution in [0.5, 0.6) is 0 Å². The summed E-state index contributed by atoms with van der Waals surface area (Å²) in [5, 5.41) is 33.0. The number of carboxylic acids is 1. The SMILES string of the molecule is CCCCCC(O)C=C[C@H]1[C@@H]2C/C(=N\OCCC(=O)O)C[C@H]2C[C@@H]1O. The van der Waals surface area contributed by atoms with Gasteiger partial charge in [0.2, 0.25) is 0 Å². The van der Waals surface area contributed by atoms with Crippen molar-refractivity contribution >= 4 is 11.7 Å². The molecule has 0 amide bonds. The Bertz CT molecular complexity index is 490. The summed E-state index contributed by atoms with van der Waals surface area (Å²) < 4.78 is 0. The number of oxime groups is 1. The normalized spacial score (nSPS) is 31.6. The van der Waals surface area contributed by atoms with Gasteiger partial charge < -0.3 is 20.2 Å². The van der Waals surface area contributed by atoms with Crippen molar-refractivity contribution in [2.75, 3.05) is 6.61 Å². The van der Waals surface area contributed by atoms with Crippen LogP contribution in [-0.2, 0) is 9.63 Å². The van der Waals surface area contributed by atoms with Crippen LogP contribution in [0.15, 0.2) is 17.3 Å². The molecule has 0 spiro atoms. The maximum absolute atomic E-state index is 10.5. The summed E-state index contributed by atoms with van der Waals surface area (Å²) in [5.41, 5.74) is 0.953. The number of aliphatic carboxylic acids is 1. The van der Waals surface area contributed by atoms with Crippen molar-refractivity contribution in [3.63, 3.8) is 0 Å². The summed E-state index contributed by atoms with van der Waals surface area (Å²) in [7, 11) is 0. The molecule has 5 atom stereocenters. The lowest BCUT2D eigenvalue weighted by Gasteiger charge is -2.17. The van der Waals surface area contributed by atoms with E-state index in [2.05, 4.69) is 12.1 Å². The van der Waals surface area contributed by atoms with Gasteiger partial charge in [0.05, 0.1) is 24.3 Å². The molecule has 2 aliphatic rings. The Kier molecular flexibility index (Phi) is 7.90. The Balaban J connectivity index is 1.83. The van der Waals surface area contributed by atoms with Crippen molar-refractivity contribution in [2.45, 2.75) is 70.5 Å². The van der Waals surface area contributed by atoms with Crippen molar-refractivity contribution in [1.82, 2.24) is 0 Å². The number of carboxylic acid groups (broad SMARTS) is 1. The molecule has 6 nitrogen and oxygen atoms in total. The summed E-state index contributed by atoms with van der Waals surface area (Å²) >= 11 is 0. The lowest BCUT2D eigenvalue weighted by Crippen LogP contribution is -2.18. The van der Waals surface area contributed by atoms with E-state index in [1.807, 2.05) is 12.2 Å². The van der Waals surface area contributed by atoms with E-state index >= 15 is 0 Å². The van der Waals surface area contributed by atoms with E-state index in [0.717, 1.165) is 50.7 Å². The molecule has 6 heteroatoms. The van der Waals surface area contributed by atoms with Gasteiger partial charge in [-0.15, -0.1) is 0 Å². The van der Waals surface area contributed by atoms with E-state index in [1.165, 1.54) is 0 Å². The Morgan fingerprint density at radius 3 is 2.92 bits per heavy atom. The Labute approximate surface area is 149 Å². The van der Waals surface area contributed by atoms with E-state index in [1.54, 1.807) is 0 Å². The molecule has 2 fully saturated rings. The van der Waals surface area contributed by atoms with Crippen LogP contribution in [0.4, 0.5) is 0 Å². The van der Waals surface area contributed by atoms with Crippen LogP contribution >= 0.6 is 0 Å². The number of hydrogen-bond donors (Lipinski definition) is 3. The second-order valence-electron chi connectivity index (χ2n) is 7.30. The summed E-state index contributed by atoms with van der Waals surface area (Å²) in [4.78, 5) is 15.6. The minimum atomic E-state index is -0.894. The average molecular weight is 353 g/mol. The smallest absolute Gasteiger partial charge is 0.306 e. The van der Waals surface area contributed by atoms with Crippen LogP contribution < -0.4 is 0 Å². The summed E-state index contributed by atoms with van der Waals surface area (Å²) in [6.07, 6.45) is 9.36. The van der Waals surface area contributed by atoms with Crippen molar-refractivity contribution in [1.29, 1.82) is 0 Å². The molecule has 0 heterocycles. The molecule has 0 aliphatic heterocycles. The number of nitrogens with zero attached hydrogens (tertiary/aromatic N) is 1.